The lowest BCUT2D eigenvalue weighted by Crippen LogP contribution is -2.41. The Morgan fingerprint density at radius 2 is 1.81 bits per heavy atom. The number of aryl methyl sites for hydroxylation is 2. The Morgan fingerprint density at radius 3 is 2.47 bits per heavy atom. The summed E-state index contributed by atoms with van der Waals surface area (Å²) in [5.41, 5.74) is 3.09. The molecule has 1 N–H and O–H groups in total. The van der Waals surface area contributed by atoms with Crippen molar-refractivity contribution in [1.82, 2.24) is 25.3 Å². The summed E-state index contributed by atoms with van der Waals surface area (Å²) >= 11 is 0. The van der Waals surface area contributed by atoms with E-state index in [1.807, 2.05) is 56.3 Å². The van der Waals surface area contributed by atoms with Crippen molar-refractivity contribution in [2.24, 2.45) is 5.92 Å². The van der Waals surface area contributed by atoms with E-state index in [0.717, 1.165) is 60.9 Å². The molecule has 0 saturated carbocycles. The summed E-state index contributed by atoms with van der Waals surface area (Å²) in [4.78, 5) is 14.8. The van der Waals surface area contributed by atoms with Gasteiger partial charge < -0.3 is 15.0 Å². The molecule has 3 aromatic rings. The van der Waals surface area contributed by atoms with Gasteiger partial charge in [-0.25, -0.2) is 4.68 Å². The summed E-state index contributed by atoms with van der Waals surface area (Å²) in [5, 5.41) is 16.3. The molecule has 1 aromatic carbocycles. The maximum atomic E-state index is 12.6. The maximum absolute atomic E-state index is 12.6. The van der Waals surface area contributed by atoms with E-state index in [4.69, 9.17) is 4.74 Å². The first-order valence-electron chi connectivity index (χ1n) is 11.1. The molecule has 4 rings (SSSR count). The molecule has 1 fully saturated rings. The van der Waals surface area contributed by atoms with Crippen molar-refractivity contribution in [3.8, 4) is 11.6 Å². The van der Waals surface area contributed by atoms with E-state index in [9.17, 15) is 4.79 Å². The second kappa shape index (κ2) is 9.80. The number of anilines is 1. The number of aromatic nitrogens is 4. The van der Waals surface area contributed by atoms with Gasteiger partial charge in [-0.15, -0.1) is 10.2 Å². The molecule has 0 spiro atoms. The fourth-order valence-electron chi connectivity index (χ4n) is 4.21. The fourth-order valence-corrected chi connectivity index (χ4v) is 4.21. The fraction of sp³-hybridized carbons (Fsp3) is 0.417. The number of para-hydroxylation sites is 1. The first-order chi connectivity index (χ1) is 15.5. The van der Waals surface area contributed by atoms with E-state index in [1.54, 1.807) is 11.8 Å². The number of rotatable bonds is 7. The molecule has 1 aliphatic rings. The van der Waals surface area contributed by atoms with Crippen LogP contribution in [-0.2, 0) is 11.2 Å². The van der Waals surface area contributed by atoms with Crippen molar-refractivity contribution >= 4 is 11.7 Å². The van der Waals surface area contributed by atoms with Gasteiger partial charge in [0.05, 0.1) is 12.8 Å². The van der Waals surface area contributed by atoms with E-state index >= 15 is 0 Å². The van der Waals surface area contributed by atoms with Crippen LogP contribution in [0.3, 0.4) is 0 Å². The number of carbonyl (C=O) groups excluding carboxylic acids is 1. The first kappa shape index (κ1) is 21.8. The highest BCUT2D eigenvalue weighted by atomic mass is 16.5. The summed E-state index contributed by atoms with van der Waals surface area (Å²) in [6, 6.07) is 13.9. The van der Waals surface area contributed by atoms with Gasteiger partial charge in [0.1, 0.15) is 5.75 Å². The van der Waals surface area contributed by atoms with Crippen LogP contribution in [0.25, 0.3) is 5.82 Å². The van der Waals surface area contributed by atoms with Crippen molar-refractivity contribution in [3.05, 3.63) is 59.4 Å². The standard InChI is InChI=1S/C24H30N6O2/c1-17-16-18(2)30(28-17)23-9-8-22(26-27-23)29-14-11-20(12-15-29)24(31)25-13-10-19-6-4-5-7-21(19)32-3/h4-9,16,20H,10-15H2,1-3H3,(H,25,31). The molecule has 1 saturated heterocycles. The summed E-state index contributed by atoms with van der Waals surface area (Å²) < 4.78 is 7.18. The van der Waals surface area contributed by atoms with Crippen molar-refractivity contribution in [2.75, 3.05) is 31.6 Å². The van der Waals surface area contributed by atoms with Crippen molar-refractivity contribution in [2.45, 2.75) is 33.1 Å². The van der Waals surface area contributed by atoms with Crippen LogP contribution >= 0.6 is 0 Å². The largest absolute Gasteiger partial charge is 0.496 e. The topological polar surface area (TPSA) is 85.2 Å². The van der Waals surface area contributed by atoms with E-state index in [0.29, 0.717) is 12.4 Å². The Bertz CT molecular complexity index is 1050. The Balaban J connectivity index is 1.26. The molecule has 3 heterocycles. The second-order valence-corrected chi connectivity index (χ2v) is 8.20. The van der Waals surface area contributed by atoms with Gasteiger partial charge in [0.2, 0.25) is 5.91 Å². The maximum Gasteiger partial charge on any atom is 0.223 e. The van der Waals surface area contributed by atoms with Crippen LogP contribution in [0, 0.1) is 19.8 Å². The van der Waals surface area contributed by atoms with Gasteiger partial charge in [-0.05, 0) is 62.9 Å². The third-order valence-electron chi connectivity index (χ3n) is 5.94. The molecular weight excluding hydrogens is 404 g/mol. The molecule has 0 unspecified atom stereocenters. The SMILES string of the molecule is COc1ccccc1CCNC(=O)C1CCN(c2ccc(-n3nc(C)cc3C)nn2)CC1. The zero-order chi connectivity index (χ0) is 22.5. The highest BCUT2D eigenvalue weighted by Gasteiger charge is 2.25. The first-order valence-corrected chi connectivity index (χ1v) is 11.1. The molecule has 0 radical (unpaired) electrons. The molecule has 0 atom stereocenters. The number of methoxy groups -OCH3 is 1. The van der Waals surface area contributed by atoms with E-state index in [1.165, 1.54) is 0 Å². The molecule has 1 amide bonds. The van der Waals surface area contributed by atoms with Crippen molar-refractivity contribution in [3.63, 3.8) is 0 Å². The highest BCUT2D eigenvalue weighted by Crippen LogP contribution is 2.22. The lowest BCUT2D eigenvalue weighted by molar-refractivity contribution is -0.125. The molecule has 0 aliphatic carbocycles. The van der Waals surface area contributed by atoms with Crippen LogP contribution in [0.4, 0.5) is 5.82 Å². The summed E-state index contributed by atoms with van der Waals surface area (Å²) in [6.45, 7) is 6.15. The number of hydrogen-bond acceptors (Lipinski definition) is 6. The van der Waals surface area contributed by atoms with Crippen LogP contribution < -0.4 is 15.0 Å². The van der Waals surface area contributed by atoms with Gasteiger partial charge in [0.15, 0.2) is 11.6 Å². The molecule has 2 aromatic heterocycles. The van der Waals surface area contributed by atoms with E-state index < -0.39 is 0 Å². The van der Waals surface area contributed by atoms with Gasteiger partial charge in [-0.2, -0.15) is 5.10 Å². The number of nitrogens with one attached hydrogen (secondary N) is 1. The average Bonchev–Trinajstić information content (AvgIpc) is 3.17. The van der Waals surface area contributed by atoms with Gasteiger partial charge in [0.25, 0.3) is 0 Å². The number of piperidine rings is 1. The quantitative estimate of drug-likeness (QED) is 0.616. The summed E-state index contributed by atoms with van der Waals surface area (Å²) in [7, 11) is 1.67. The highest BCUT2D eigenvalue weighted by molar-refractivity contribution is 5.79. The Kier molecular flexibility index (Phi) is 6.68. The minimum absolute atomic E-state index is 0.0332. The molecule has 32 heavy (non-hydrogen) atoms. The smallest absolute Gasteiger partial charge is 0.223 e. The van der Waals surface area contributed by atoms with Crippen LogP contribution in [0.15, 0.2) is 42.5 Å². The third-order valence-corrected chi connectivity index (χ3v) is 5.94. The van der Waals surface area contributed by atoms with Crippen molar-refractivity contribution in [1.29, 1.82) is 0 Å². The van der Waals surface area contributed by atoms with Gasteiger partial charge in [0, 0.05) is 31.2 Å². The number of hydrogen-bond donors (Lipinski definition) is 1. The molecule has 0 bridgehead atoms. The van der Waals surface area contributed by atoms with Crippen LogP contribution in [0.5, 0.6) is 5.75 Å². The molecule has 8 heteroatoms. The van der Waals surface area contributed by atoms with Crippen LogP contribution in [0.1, 0.15) is 29.8 Å². The Hall–Kier alpha value is -3.42. The van der Waals surface area contributed by atoms with Crippen molar-refractivity contribution < 1.29 is 9.53 Å². The lowest BCUT2D eigenvalue weighted by Gasteiger charge is -2.31. The Labute approximate surface area is 188 Å². The summed E-state index contributed by atoms with van der Waals surface area (Å²) in [5.74, 6) is 2.57. The minimum atomic E-state index is 0.0332. The number of benzene rings is 1. The predicted octanol–water partition coefficient (Wildman–Crippen LogP) is 2.86. The molecular formula is C24H30N6O2. The van der Waals surface area contributed by atoms with E-state index in [2.05, 4.69) is 25.5 Å². The number of amides is 1. The third kappa shape index (κ3) is 4.90. The monoisotopic (exact) mass is 434 g/mol. The van der Waals surface area contributed by atoms with Gasteiger partial charge in [-0.3, -0.25) is 4.79 Å². The number of nitrogens with zero attached hydrogens (tertiary/aromatic N) is 5. The average molecular weight is 435 g/mol. The van der Waals surface area contributed by atoms with Gasteiger partial charge in [-0.1, -0.05) is 18.2 Å². The number of carbonyl (C=O) groups is 1. The molecule has 8 nitrogen and oxygen atoms in total. The Morgan fingerprint density at radius 1 is 1.09 bits per heavy atom. The second-order valence-electron chi connectivity index (χ2n) is 8.20. The van der Waals surface area contributed by atoms with E-state index in [-0.39, 0.29) is 11.8 Å². The van der Waals surface area contributed by atoms with Crippen LogP contribution in [-0.4, -0.2) is 52.6 Å². The zero-order valence-electron chi connectivity index (χ0n) is 18.9. The minimum Gasteiger partial charge on any atom is -0.496 e. The van der Waals surface area contributed by atoms with Crippen LogP contribution in [0.2, 0.25) is 0 Å². The normalized spacial score (nSPS) is 14.4. The summed E-state index contributed by atoms with van der Waals surface area (Å²) in [6.07, 6.45) is 2.37. The molecule has 168 valence electrons. The molecule has 1 aliphatic heterocycles. The predicted molar refractivity (Wildman–Crippen MR) is 123 cm³/mol. The van der Waals surface area contributed by atoms with Gasteiger partial charge >= 0.3 is 0 Å². The number of ether oxygens (including phenoxy) is 1. The zero-order valence-corrected chi connectivity index (χ0v) is 18.9. The lowest BCUT2D eigenvalue weighted by atomic mass is 9.96.